The van der Waals surface area contributed by atoms with Crippen LogP contribution < -0.4 is 5.73 Å². The van der Waals surface area contributed by atoms with E-state index < -0.39 is 5.82 Å². The largest absolute Gasteiger partial charge is 0.399 e. The molecule has 6 nitrogen and oxygen atoms in total. The number of aromatic nitrogens is 4. The van der Waals surface area contributed by atoms with E-state index in [2.05, 4.69) is 15.5 Å². The van der Waals surface area contributed by atoms with Gasteiger partial charge in [-0.25, -0.2) is 9.07 Å². The van der Waals surface area contributed by atoms with Crippen molar-refractivity contribution in [1.29, 1.82) is 0 Å². The van der Waals surface area contributed by atoms with Crippen LogP contribution in [0.25, 0.3) is 11.4 Å². The average Bonchev–Trinajstić information content (AvgIpc) is 2.88. The highest BCUT2D eigenvalue weighted by atomic mass is 19.1. The van der Waals surface area contributed by atoms with Crippen molar-refractivity contribution in [2.75, 3.05) is 18.9 Å². The van der Waals surface area contributed by atoms with Crippen LogP contribution in [-0.2, 0) is 4.74 Å². The Kier molecular flexibility index (Phi) is 3.12. The predicted octanol–water partition coefficient (Wildman–Crippen LogP) is 1.41. The summed E-state index contributed by atoms with van der Waals surface area (Å²) in [6.07, 6.45) is 1.91. The molecule has 2 heterocycles. The van der Waals surface area contributed by atoms with Crippen molar-refractivity contribution in [2.24, 2.45) is 0 Å². The van der Waals surface area contributed by atoms with E-state index in [9.17, 15) is 4.39 Å². The third-order valence-electron chi connectivity index (χ3n) is 3.15. The summed E-state index contributed by atoms with van der Waals surface area (Å²) in [5, 5.41) is 11.6. The van der Waals surface area contributed by atoms with E-state index in [0.717, 1.165) is 19.4 Å². The summed E-state index contributed by atoms with van der Waals surface area (Å²) in [5.74, 6) is 0.117. The fourth-order valence-electron chi connectivity index (χ4n) is 2.29. The molecule has 2 aromatic rings. The van der Waals surface area contributed by atoms with Gasteiger partial charge >= 0.3 is 0 Å². The molecular weight excluding hydrogens is 249 g/mol. The van der Waals surface area contributed by atoms with Gasteiger partial charge < -0.3 is 10.5 Å². The van der Waals surface area contributed by atoms with Crippen LogP contribution in [0.3, 0.4) is 0 Å². The minimum atomic E-state index is -0.399. The lowest BCUT2D eigenvalue weighted by molar-refractivity contribution is 0.0548. The molecule has 0 aliphatic carbocycles. The third kappa shape index (κ3) is 2.41. The molecule has 7 heteroatoms. The molecule has 2 N–H and O–H groups in total. The Labute approximate surface area is 109 Å². The fraction of sp³-hybridized carbons (Fsp3) is 0.417. The molecule has 0 saturated carbocycles. The fourth-order valence-corrected chi connectivity index (χ4v) is 2.29. The lowest BCUT2D eigenvalue weighted by Gasteiger charge is -2.22. The predicted molar refractivity (Wildman–Crippen MR) is 66.7 cm³/mol. The minimum Gasteiger partial charge on any atom is -0.399 e. The quantitative estimate of drug-likeness (QED) is 0.829. The van der Waals surface area contributed by atoms with E-state index in [4.69, 9.17) is 10.5 Å². The number of hydrogen-bond donors (Lipinski definition) is 1. The molecule has 0 amide bonds. The summed E-state index contributed by atoms with van der Waals surface area (Å²) in [4.78, 5) is 0. The molecule has 3 rings (SSSR count). The topological polar surface area (TPSA) is 78.9 Å². The summed E-state index contributed by atoms with van der Waals surface area (Å²) in [6.45, 7) is 1.34. The third-order valence-corrected chi connectivity index (χ3v) is 3.15. The van der Waals surface area contributed by atoms with Gasteiger partial charge in [-0.1, -0.05) is 0 Å². The van der Waals surface area contributed by atoms with Gasteiger partial charge in [0.1, 0.15) is 5.82 Å². The highest BCUT2D eigenvalue weighted by Gasteiger charge is 2.21. The number of rotatable bonds is 2. The van der Waals surface area contributed by atoms with Crippen LogP contribution in [-0.4, -0.2) is 33.4 Å². The van der Waals surface area contributed by atoms with Crippen LogP contribution in [0.5, 0.6) is 0 Å². The standard InChI is InChI=1S/C12H14FN5O/c13-9-4-8(5-10(14)6-9)12-15-16-17-18(12)11-2-1-3-19-7-11/h4-6,11H,1-3,7,14H2. The first kappa shape index (κ1) is 12.0. The van der Waals surface area contributed by atoms with Crippen molar-refractivity contribution in [1.82, 2.24) is 20.2 Å². The summed E-state index contributed by atoms with van der Waals surface area (Å²) in [6, 6.07) is 4.39. The molecular formula is C12H14FN5O. The second-order valence-corrected chi connectivity index (χ2v) is 4.59. The SMILES string of the molecule is Nc1cc(F)cc(-c2nnnn2C2CCCOC2)c1. The number of benzene rings is 1. The first-order valence-corrected chi connectivity index (χ1v) is 6.16. The Balaban J connectivity index is 1.98. The van der Waals surface area contributed by atoms with E-state index in [1.807, 2.05) is 0 Å². The summed E-state index contributed by atoms with van der Waals surface area (Å²) < 4.78 is 20.5. The second kappa shape index (κ2) is 4.93. The van der Waals surface area contributed by atoms with Gasteiger partial charge in [0.15, 0.2) is 5.82 Å². The van der Waals surface area contributed by atoms with E-state index in [1.54, 1.807) is 10.7 Å². The number of anilines is 1. The highest BCUT2D eigenvalue weighted by molar-refractivity contribution is 5.61. The zero-order chi connectivity index (χ0) is 13.2. The number of tetrazole rings is 1. The number of halogens is 1. The van der Waals surface area contributed by atoms with Crippen molar-refractivity contribution in [3.63, 3.8) is 0 Å². The first-order chi connectivity index (χ1) is 9.24. The smallest absolute Gasteiger partial charge is 0.182 e. The van der Waals surface area contributed by atoms with Crippen LogP contribution in [0.2, 0.25) is 0 Å². The Morgan fingerprint density at radius 3 is 3.00 bits per heavy atom. The molecule has 1 aliphatic rings. The second-order valence-electron chi connectivity index (χ2n) is 4.59. The number of nitrogens with two attached hydrogens (primary N) is 1. The monoisotopic (exact) mass is 263 g/mol. The molecule has 0 bridgehead atoms. The van der Waals surface area contributed by atoms with Gasteiger partial charge in [-0.3, -0.25) is 0 Å². The number of hydrogen-bond acceptors (Lipinski definition) is 5. The summed E-state index contributed by atoms with van der Waals surface area (Å²) in [7, 11) is 0. The van der Waals surface area contributed by atoms with Gasteiger partial charge in [0.05, 0.1) is 12.6 Å². The average molecular weight is 263 g/mol. The van der Waals surface area contributed by atoms with E-state index in [1.165, 1.54) is 12.1 Å². The van der Waals surface area contributed by atoms with Gasteiger partial charge in [0.2, 0.25) is 0 Å². The van der Waals surface area contributed by atoms with Crippen molar-refractivity contribution in [3.8, 4) is 11.4 Å². The van der Waals surface area contributed by atoms with E-state index in [-0.39, 0.29) is 6.04 Å². The molecule has 19 heavy (non-hydrogen) atoms. The van der Waals surface area contributed by atoms with Crippen molar-refractivity contribution in [3.05, 3.63) is 24.0 Å². The zero-order valence-corrected chi connectivity index (χ0v) is 10.3. The van der Waals surface area contributed by atoms with Crippen LogP contribution in [0.15, 0.2) is 18.2 Å². The van der Waals surface area contributed by atoms with E-state index >= 15 is 0 Å². The number of nitrogens with zero attached hydrogens (tertiary/aromatic N) is 4. The Morgan fingerprint density at radius 1 is 1.37 bits per heavy atom. The number of ether oxygens (including phenoxy) is 1. The molecule has 100 valence electrons. The lowest BCUT2D eigenvalue weighted by Crippen LogP contribution is -2.23. The van der Waals surface area contributed by atoms with Gasteiger partial charge in [0.25, 0.3) is 0 Å². The molecule has 1 aromatic heterocycles. The molecule has 0 radical (unpaired) electrons. The molecule has 1 saturated heterocycles. The first-order valence-electron chi connectivity index (χ1n) is 6.16. The minimum absolute atomic E-state index is 0.0863. The lowest BCUT2D eigenvalue weighted by atomic mass is 10.1. The maximum Gasteiger partial charge on any atom is 0.182 e. The Bertz CT molecular complexity index is 559. The number of nitrogen functional groups attached to an aromatic ring is 1. The zero-order valence-electron chi connectivity index (χ0n) is 10.3. The molecule has 1 aliphatic heterocycles. The van der Waals surface area contributed by atoms with Crippen molar-refractivity contribution in [2.45, 2.75) is 18.9 Å². The Morgan fingerprint density at radius 2 is 2.26 bits per heavy atom. The van der Waals surface area contributed by atoms with Gasteiger partial charge in [-0.15, -0.1) is 5.10 Å². The van der Waals surface area contributed by atoms with Crippen molar-refractivity contribution >= 4 is 5.69 Å². The Hall–Kier alpha value is -2.02. The molecule has 0 spiro atoms. The molecule has 1 fully saturated rings. The normalized spacial score (nSPS) is 19.5. The maximum absolute atomic E-state index is 13.4. The van der Waals surface area contributed by atoms with Crippen LogP contribution >= 0.6 is 0 Å². The summed E-state index contributed by atoms with van der Waals surface area (Å²) in [5.41, 5.74) is 6.58. The van der Waals surface area contributed by atoms with Crippen molar-refractivity contribution < 1.29 is 9.13 Å². The van der Waals surface area contributed by atoms with Gasteiger partial charge in [0, 0.05) is 17.9 Å². The van der Waals surface area contributed by atoms with Crippen LogP contribution in [0, 0.1) is 5.82 Å². The maximum atomic E-state index is 13.4. The van der Waals surface area contributed by atoms with E-state index in [0.29, 0.717) is 23.7 Å². The molecule has 1 unspecified atom stereocenters. The molecule has 1 aromatic carbocycles. The van der Waals surface area contributed by atoms with Crippen LogP contribution in [0.1, 0.15) is 18.9 Å². The molecule has 1 atom stereocenters. The summed E-state index contributed by atoms with van der Waals surface area (Å²) >= 11 is 0. The van der Waals surface area contributed by atoms with Gasteiger partial charge in [-0.2, -0.15) is 0 Å². The van der Waals surface area contributed by atoms with Gasteiger partial charge in [-0.05, 0) is 41.5 Å². The van der Waals surface area contributed by atoms with Crippen LogP contribution in [0.4, 0.5) is 10.1 Å². The highest BCUT2D eigenvalue weighted by Crippen LogP contribution is 2.26.